The maximum atomic E-state index is 13.3. The molecular weight excluding hydrogens is 382 g/mol. The van der Waals surface area contributed by atoms with Crippen molar-refractivity contribution in [3.8, 4) is 5.88 Å². The van der Waals surface area contributed by atoms with Gasteiger partial charge in [-0.3, -0.25) is 14.5 Å². The first-order valence-electron chi connectivity index (χ1n) is 9.65. The Morgan fingerprint density at radius 1 is 1.17 bits per heavy atom. The monoisotopic (exact) mass is 409 g/mol. The van der Waals surface area contributed by atoms with Crippen molar-refractivity contribution in [3.05, 3.63) is 59.5 Å². The summed E-state index contributed by atoms with van der Waals surface area (Å²) in [5.41, 5.74) is 1.31. The lowest BCUT2D eigenvalue weighted by molar-refractivity contribution is -0.123. The number of aliphatic hydroxyl groups excluding tert-OH is 1. The topological polar surface area (TPSA) is 83.0 Å². The Balaban J connectivity index is 2.21. The van der Waals surface area contributed by atoms with E-state index in [1.807, 2.05) is 31.1 Å². The molecule has 0 aliphatic carbocycles. The van der Waals surface area contributed by atoms with Crippen LogP contribution >= 0.6 is 0 Å². The van der Waals surface area contributed by atoms with Crippen molar-refractivity contribution < 1.29 is 19.4 Å². The molecule has 1 N–H and O–H groups in total. The zero-order valence-electron chi connectivity index (χ0n) is 18.1. The zero-order valence-corrected chi connectivity index (χ0v) is 18.1. The van der Waals surface area contributed by atoms with Crippen LogP contribution in [0.15, 0.2) is 53.9 Å². The molecule has 3 rings (SSSR count). The molecule has 0 fully saturated rings. The van der Waals surface area contributed by atoms with Gasteiger partial charge in [-0.25, -0.2) is 4.98 Å². The summed E-state index contributed by atoms with van der Waals surface area (Å²) in [7, 11) is 5.33. The quantitative estimate of drug-likeness (QED) is 0.811. The summed E-state index contributed by atoms with van der Waals surface area (Å²) in [4.78, 5) is 34.0. The highest BCUT2D eigenvalue weighted by atomic mass is 16.5. The predicted molar refractivity (Wildman–Crippen MR) is 116 cm³/mol. The zero-order chi connectivity index (χ0) is 22.2. The Hall–Kier alpha value is -3.35. The van der Waals surface area contributed by atoms with Gasteiger partial charge in [0.25, 0.3) is 5.91 Å². The molecule has 1 aromatic heterocycles. The first kappa shape index (κ1) is 21.4. The molecule has 1 atom stereocenters. The van der Waals surface area contributed by atoms with E-state index in [0.29, 0.717) is 17.1 Å². The highest BCUT2D eigenvalue weighted by molar-refractivity contribution is 6.17. The third-order valence-electron chi connectivity index (χ3n) is 5.07. The fourth-order valence-electron chi connectivity index (χ4n) is 3.50. The van der Waals surface area contributed by atoms with Crippen LogP contribution in [0.4, 0.5) is 11.4 Å². The maximum Gasteiger partial charge on any atom is 0.294 e. The smallest absolute Gasteiger partial charge is 0.294 e. The number of hydrogen-bond donors (Lipinski definition) is 1. The highest BCUT2D eigenvalue weighted by Gasteiger charge is 2.47. The standard InChI is InChI=1S/C23H27N3O4/c1-23(2,3)20(28)17-18(16-8-7-13-24-21(16)30-6)26(22(29)19(17)27)15-11-9-14(10-12-15)25(4)5/h7-13,18,27H,1-6H3. The van der Waals surface area contributed by atoms with Crippen LogP contribution in [-0.4, -0.2) is 43.0 Å². The molecule has 0 radical (unpaired) electrons. The van der Waals surface area contributed by atoms with Crippen LogP contribution in [-0.2, 0) is 9.59 Å². The van der Waals surface area contributed by atoms with Crippen LogP contribution in [0.5, 0.6) is 5.88 Å². The maximum absolute atomic E-state index is 13.3. The Bertz CT molecular complexity index is 1000. The van der Waals surface area contributed by atoms with Gasteiger partial charge in [0, 0.05) is 42.6 Å². The molecule has 0 spiro atoms. The van der Waals surface area contributed by atoms with Gasteiger partial charge in [0.1, 0.15) is 6.04 Å². The summed E-state index contributed by atoms with van der Waals surface area (Å²) in [5.74, 6) is -1.19. The number of pyridine rings is 1. The predicted octanol–water partition coefficient (Wildman–Crippen LogP) is 3.67. The van der Waals surface area contributed by atoms with E-state index >= 15 is 0 Å². The summed E-state index contributed by atoms with van der Waals surface area (Å²) in [6.07, 6.45) is 1.57. The third-order valence-corrected chi connectivity index (χ3v) is 5.07. The summed E-state index contributed by atoms with van der Waals surface area (Å²) in [6, 6.07) is 9.95. The van der Waals surface area contributed by atoms with Crippen molar-refractivity contribution in [1.82, 2.24) is 4.98 Å². The minimum Gasteiger partial charge on any atom is -0.503 e. The average molecular weight is 409 g/mol. The molecule has 30 heavy (non-hydrogen) atoms. The SMILES string of the molecule is COc1ncccc1C1C(C(=O)C(C)(C)C)=C(O)C(=O)N1c1ccc(N(C)C)cc1. The van der Waals surface area contributed by atoms with Gasteiger partial charge in [0.05, 0.1) is 12.7 Å². The Morgan fingerprint density at radius 3 is 2.33 bits per heavy atom. The normalized spacial score (nSPS) is 16.8. The van der Waals surface area contributed by atoms with Crippen LogP contribution in [0.2, 0.25) is 0 Å². The van der Waals surface area contributed by atoms with E-state index in [1.165, 1.54) is 12.0 Å². The number of benzene rings is 1. The van der Waals surface area contributed by atoms with Crippen molar-refractivity contribution in [3.63, 3.8) is 0 Å². The number of Topliss-reactive ketones (excluding diaryl/α,β-unsaturated/α-hetero) is 1. The lowest BCUT2D eigenvalue weighted by atomic mass is 9.82. The molecule has 1 aliphatic rings. The highest BCUT2D eigenvalue weighted by Crippen LogP contribution is 2.45. The number of hydrogen-bond acceptors (Lipinski definition) is 6. The van der Waals surface area contributed by atoms with Crippen LogP contribution in [0.1, 0.15) is 32.4 Å². The number of aromatic nitrogens is 1. The molecule has 7 heteroatoms. The molecule has 158 valence electrons. The number of carbonyl (C=O) groups excluding carboxylic acids is 2. The van der Waals surface area contributed by atoms with E-state index in [9.17, 15) is 14.7 Å². The molecule has 1 unspecified atom stereocenters. The largest absolute Gasteiger partial charge is 0.503 e. The van der Waals surface area contributed by atoms with Gasteiger partial charge in [0.2, 0.25) is 5.88 Å². The molecular formula is C23H27N3O4. The van der Waals surface area contributed by atoms with E-state index < -0.39 is 23.1 Å². The van der Waals surface area contributed by atoms with Crippen molar-refractivity contribution >= 4 is 23.1 Å². The second-order valence-corrected chi connectivity index (χ2v) is 8.43. The molecule has 1 aromatic carbocycles. The van der Waals surface area contributed by atoms with Crippen molar-refractivity contribution in [1.29, 1.82) is 0 Å². The number of nitrogens with zero attached hydrogens (tertiary/aromatic N) is 3. The van der Waals surface area contributed by atoms with Crippen molar-refractivity contribution in [2.24, 2.45) is 5.41 Å². The Labute approximate surface area is 176 Å². The number of rotatable bonds is 5. The van der Waals surface area contributed by atoms with E-state index in [1.54, 1.807) is 51.2 Å². The fourth-order valence-corrected chi connectivity index (χ4v) is 3.50. The molecule has 0 saturated carbocycles. The summed E-state index contributed by atoms with van der Waals surface area (Å²) < 4.78 is 5.41. The van der Waals surface area contributed by atoms with Crippen LogP contribution < -0.4 is 14.5 Å². The fraction of sp³-hybridized carbons (Fsp3) is 0.348. The summed E-state index contributed by atoms with van der Waals surface area (Å²) >= 11 is 0. The van der Waals surface area contributed by atoms with Crippen molar-refractivity contribution in [2.45, 2.75) is 26.8 Å². The van der Waals surface area contributed by atoms with Gasteiger partial charge >= 0.3 is 0 Å². The number of carbonyl (C=O) groups is 2. The minimum atomic E-state index is -0.849. The van der Waals surface area contributed by atoms with Gasteiger partial charge in [-0.05, 0) is 36.4 Å². The molecule has 0 bridgehead atoms. The molecule has 7 nitrogen and oxygen atoms in total. The van der Waals surface area contributed by atoms with Crippen LogP contribution in [0.3, 0.4) is 0 Å². The molecule has 1 aliphatic heterocycles. The van der Waals surface area contributed by atoms with Crippen LogP contribution in [0.25, 0.3) is 0 Å². The first-order valence-corrected chi connectivity index (χ1v) is 9.65. The number of methoxy groups -OCH3 is 1. The lowest BCUT2D eigenvalue weighted by Gasteiger charge is -2.29. The number of aliphatic hydroxyl groups is 1. The number of ketones is 1. The Morgan fingerprint density at radius 2 is 1.80 bits per heavy atom. The van der Waals surface area contributed by atoms with Gasteiger partial charge in [0.15, 0.2) is 11.5 Å². The number of amides is 1. The molecule has 1 amide bonds. The molecule has 2 heterocycles. The van der Waals surface area contributed by atoms with E-state index in [2.05, 4.69) is 4.98 Å². The van der Waals surface area contributed by atoms with Crippen LogP contribution in [0, 0.1) is 5.41 Å². The second kappa shape index (κ2) is 7.82. The Kier molecular flexibility index (Phi) is 5.57. The summed E-state index contributed by atoms with van der Waals surface area (Å²) in [5, 5.41) is 10.8. The van der Waals surface area contributed by atoms with E-state index in [4.69, 9.17) is 4.74 Å². The minimum absolute atomic E-state index is 0.0514. The average Bonchev–Trinajstić information content (AvgIpc) is 2.97. The third kappa shape index (κ3) is 3.63. The van der Waals surface area contributed by atoms with Gasteiger partial charge < -0.3 is 14.7 Å². The van der Waals surface area contributed by atoms with E-state index in [0.717, 1.165) is 5.69 Å². The number of anilines is 2. The van der Waals surface area contributed by atoms with Gasteiger partial charge in [-0.2, -0.15) is 0 Å². The number of ether oxygens (including phenoxy) is 1. The van der Waals surface area contributed by atoms with E-state index in [-0.39, 0.29) is 11.4 Å². The van der Waals surface area contributed by atoms with Gasteiger partial charge in [-0.15, -0.1) is 0 Å². The van der Waals surface area contributed by atoms with Crippen molar-refractivity contribution in [2.75, 3.05) is 31.0 Å². The first-order chi connectivity index (χ1) is 14.1. The molecule has 0 saturated heterocycles. The van der Waals surface area contributed by atoms with Gasteiger partial charge in [-0.1, -0.05) is 20.8 Å². The second-order valence-electron chi connectivity index (χ2n) is 8.43. The lowest BCUT2D eigenvalue weighted by Crippen LogP contribution is -2.33. The molecule has 2 aromatic rings. The summed E-state index contributed by atoms with van der Waals surface area (Å²) in [6.45, 7) is 5.27.